The van der Waals surface area contributed by atoms with E-state index in [0.717, 1.165) is 25.7 Å². The fourth-order valence-corrected chi connectivity index (χ4v) is 3.60. The Labute approximate surface area is 165 Å². The molecule has 1 N–H and O–H groups in total. The molecular weight excluding hydrogens is 355 g/mol. The molecule has 3 rings (SSSR count). The largest absolute Gasteiger partial charge is 0.343 e. The van der Waals surface area contributed by atoms with Crippen LogP contribution in [0.1, 0.15) is 40.7 Å². The quantitative estimate of drug-likeness (QED) is 0.828. The lowest BCUT2D eigenvalue weighted by Crippen LogP contribution is -2.44. The Kier molecular flexibility index (Phi) is 6.80. The van der Waals surface area contributed by atoms with E-state index in [1.54, 1.807) is 11.0 Å². The van der Waals surface area contributed by atoms with Crippen molar-refractivity contribution in [2.24, 2.45) is 5.92 Å². The predicted molar refractivity (Wildman–Crippen MR) is 108 cm³/mol. The van der Waals surface area contributed by atoms with Crippen LogP contribution in [0.15, 0.2) is 48.5 Å². The van der Waals surface area contributed by atoms with Gasteiger partial charge in [-0.15, -0.1) is 0 Å². The summed E-state index contributed by atoms with van der Waals surface area (Å²) in [6.07, 6.45) is 4.17. The molecule has 0 bridgehead atoms. The van der Waals surface area contributed by atoms with E-state index in [0.29, 0.717) is 19.0 Å². The van der Waals surface area contributed by atoms with Crippen molar-refractivity contribution in [3.8, 4) is 0 Å². The molecular formula is C23H27FN2O2. The van der Waals surface area contributed by atoms with E-state index in [1.807, 2.05) is 0 Å². The second-order valence-electron chi connectivity index (χ2n) is 7.51. The maximum Gasteiger partial charge on any atom is 0.254 e. The molecule has 0 saturated carbocycles. The highest BCUT2D eigenvalue weighted by atomic mass is 19.1. The van der Waals surface area contributed by atoms with Crippen molar-refractivity contribution in [1.82, 2.24) is 10.2 Å². The molecule has 1 aliphatic heterocycles. The number of nitrogens with one attached hydrogen (secondary N) is 1. The number of piperidine rings is 1. The Morgan fingerprint density at radius 3 is 2.43 bits per heavy atom. The van der Waals surface area contributed by atoms with Gasteiger partial charge in [0, 0.05) is 13.1 Å². The van der Waals surface area contributed by atoms with E-state index in [2.05, 4.69) is 36.5 Å². The summed E-state index contributed by atoms with van der Waals surface area (Å²) in [6.45, 7) is 3.43. The normalized spacial score (nSPS) is 14.7. The van der Waals surface area contributed by atoms with E-state index < -0.39 is 11.7 Å². The first kappa shape index (κ1) is 20.1. The van der Waals surface area contributed by atoms with E-state index in [1.165, 1.54) is 29.3 Å². The molecule has 5 heteroatoms. The second-order valence-corrected chi connectivity index (χ2v) is 7.51. The summed E-state index contributed by atoms with van der Waals surface area (Å²) >= 11 is 0. The fraction of sp³-hybridized carbons (Fsp3) is 0.391. The summed E-state index contributed by atoms with van der Waals surface area (Å²) in [7, 11) is 0. The average Bonchev–Trinajstić information content (AvgIpc) is 2.72. The summed E-state index contributed by atoms with van der Waals surface area (Å²) in [6, 6.07) is 14.4. The molecule has 0 aromatic heterocycles. The second kappa shape index (κ2) is 9.49. The summed E-state index contributed by atoms with van der Waals surface area (Å²) in [5.74, 6) is -0.624. The minimum Gasteiger partial charge on any atom is -0.343 e. The predicted octanol–water partition coefficient (Wildman–Crippen LogP) is 3.74. The lowest BCUT2D eigenvalue weighted by molar-refractivity contribution is -0.131. The van der Waals surface area contributed by atoms with E-state index in [9.17, 15) is 14.0 Å². The van der Waals surface area contributed by atoms with Gasteiger partial charge < -0.3 is 10.2 Å². The van der Waals surface area contributed by atoms with Crippen molar-refractivity contribution in [1.29, 1.82) is 0 Å². The van der Waals surface area contributed by atoms with Gasteiger partial charge in [0.25, 0.3) is 5.91 Å². The Morgan fingerprint density at radius 2 is 1.75 bits per heavy atom. The van der Waals surface area contributed by atoms with Crippen LogP contribution in [0, 0.1) is 18.7 Å². The number of hydrogen-bond acceptors (Lipinski definition) is 2. The Hall–Kier alpha value is -2.69. The van der Waals surface area contributed by atoms with E-state index >= 15 is 0 Å². The van der Waals surface area contributed by atoms with Gasteiger partial charge >= 0.3 is 0 Å². The molecule has 28 heavy (non-hydrogen) atoms. The minimum atomic E-state index is -0.582. The Morgan fingerprint density at radius 1 is 1.07 bits per heavy atom. The maximum atomic E-state index is 13.6. The van der Waals surface area contributed by atoms with Gasteiger partial charge in [-0.3, -0.25) is 9.59 Å². The van der Waals surface area contributed by atoms with Crippen molar-refractivity contribution in [3.05, 3.63) is 71.0 Å². The molecule has 0 atom stereocenters. The van der Waals surface area contributed by atoms with Crippen molar-refractivity contribution in [3.63, 3.8) is 0 Å². The van der Waals surface area contributed by atoms with Crippen molar-refractivity contribution < 1.29 is 14.0 Å². The van der Waals surface area contributed by atoms with Crippen molar-refractivity contribution >= 4 is 11.8 Å². The molecule has 0 aliphatic carbocycles. The monoisotopic (exact) mass is 382 g/mol. The molecule has 1 fully saturated rings. The smallest absolute Gasteiger partial charge is 0.254 e. The highest BCUT2D eigenvalue weighted by molar-refractivity contribution is 5.96. The highest BCUT2D eigenvalue weighted by Crippen LogP contribution is 2.22. The molecule has 0 spiro atoms. The zero-order valence-electron chi connectivity index (χ0n) is 16.3. The van der Waals surface area contributed by atoms with Crippen LogP contribution in [0.3, 0.4) is 0 Å². The van der Waals surface area contributed by atoms with Crippen LogP contribution in [-0.2, 0) is 11.2 Å². The molecule has 2 aromatic rings. The molecule has 2 aromatic carbocycles. The van der Waals surface area contributed by atoms with Crippen LogP contribution in [0.25, 0.3) is 0 Å². The summed E-state index contributed by atoms with van der Waals surface area (Å²) < 4.78 is 13.6. The molecule has 1 heterocycles. The number of carbonyl (C=O) groups is 2. The zero-order chi connectivity index (χ0) is 19.9. The first-order valence-corrected chi connectivity index (χ1v) is 9.89. The maximum absolute atomic E-state index is 13.6. The molecule has 1 aliphatic rings. The van der Waals surface area contributed by atoms with Crippen LogP contribution >= 0.6 is 0 Å². The van der Waals surface area contributed by atoms with Crippen LogP contribution in [-0.4, -0.2) is 36.3 Å². The third-order valence-corrected chi connectivity index (χ3v) is 5.45. The van der Waals surface area contributed by atoms with Gasteiger partial charge in [0.05, 0.1) is 12.1 Å². The van der Waals surface area contributed by atoms with Gasteiger partial charge in [-0.05, 0) is 56.2 Å². The zero-order valence-corrected chi connectivity index (χ0v) is 16.3. The topological polar surface area (TPSA) is 49.4 Å². The molecule has 0 unspecified atom stereocenters. The average molecular weight is 382 g/mol. The third-order valence-electron chi connectivity index (χ3n) is 5.45. The number of carbonyl (C=O) groups excluding carboxylic acids is 2. The lowest BCUT2D eigenvalue weighted by atomic mass is 9.90. The van der Waals surface area contributed by atoms with Gasteiger partial charge in [-0.25, -0.2) is 4.39 Å². The van der Waals surface area contributed by atoms with Gasteiger partial charge in [0.2, 0.25) is 5.91 Å². The number of hydrogen-bond donors (Lipinski definition) is 1. The Bertz CT molecular complexity index is 812. The van der Waals surface area contributed by atoms with Gasteiger partial charge in [-0.1, -0.05) is 42.0 Å². The van der Waals surface area contributed by atoms with Gasteiger partial charge in [0.15, 0.2) is 0 Å². The lowest BCUT2D eigenvalue weighted by Gasteiger charge is -2.32. The third kappa shape index (κ3) is 5.41. The number of rotatable bonds is 6. The molecule has 4 nitrogen and oxygen atoms in total. The van der Waals surface area contributed by atoms with Gasteiger partial charge in [-0.2, -0.15) is 0 Å². The van der Waals surface area contributed by atoms with Crippen LogP contribution < -0.4 is 5.32 Å². The number of likely N-dealkylation sites (tertiary alicyclic amines) is 1. The van der Waals surface area contributed by atoms with Crippen molar-refractivity contribution in [2.45, 2.75) is 32.6 Å². The molecule has 0 radical (unpaired) electrons. The molecule has 2 amide bonds. The number of aryl methyl sites for hydroxylation is 2. The van der Waals surface area contributed by atoms with Crippen molar-refractivity contribution in [2.75, 3.05) is 19.6 Å². The first-order valence-electron chi connectivity index (χ1n) is 9.89. The SMILES string of the molecule is Cc1ccc(CCC2CCN(C(=O)CNC(=O)c3ccccc3F)CC2)cc1. The van der Waals surface area contributed by atoms with Crippen LogP contribution in [0.5, 0.6) is 0 Å². The summed E-state index contributed by atoms with van der Waals surface area (Å²) in [5, 5.41) is 2.53. The molecule has 148 valence electrons. The minimum absolute atomic E-state index is 0.0369. The number of halogens is 1. The first-order chi connectivity index (χ1) is 13.5. The number of nitrogens with zero attached hydrogens (tertiary/aromatic N) is 1. The van der Waals surface area contributed by atoms with Crippen LogP contribution in [0.4, 0.5) is 4.39 Å². The Balaban J connectivity index is 1.39. The fourth-order valence-electron chi connectivity index (χ4n) is 3.60. The van der Waals surface area contributed by atoms with E-state index in [-0.39, 0.29) is 18.0 Å². The van der Waals surface area contributed by atoms with Crippen LogP contribution in [0.2, 0.25) is 0 Å². The van der Waals surface area contributed by atoms with Gasteiger partial charge in [0.1, 0.15) is 5.82 Å². The standard InChI is InChI=1S/C23H27FN2O2/c1-17-6-8-18(9-7-17)10-11-19-12-14-26(15-13-19)22(27)16-25-23(28)20-4-2-3-5-21(20)24/h2-9,19H,10-16H2,1H3,(H,25,28). The van der Waals surface area contributed by atoms with E-state index in [4.69, 9.17) is 0 Å². The number of benzene rings is 2. The highest BCUT2D eigenvalue weighted by Gasteiger charge is 2.23. The summed E-state index contributed by atoms with van der Waals surface area (Å²) in [5.41, 5.74) is 2.60. The summed E-state index contributed by atoms with van der Waals surface area (Å²) in [4.78, 5) is 26.2. The molecule has 1 saturated heterocycles. The number of amides is 2.